The SMILES string of the molecule is CCCn1ncnc1CC(CC)CNC(C)(C)C. The van der Waals surface area contributed by atoms with Crippen LogP contribution in [0.3, 0.4) is 0 Å². The average Bonchev–Trinajstić information content (AvgIpc) is 2.71. The molecule has 1 N–H and O–H groups in total. The summed E-state index contributed by atoms with van der Waals surface area (Å²) in [6, 6.07) is 0. The van der Waals surface area contributed by atoms with Gasteiger partial charge < -0.3 is 5.32 Å². The monoisotopic (exact) mass is 252 g/mol. The second-order valence-corrected chi connectivity index (χ2v) is 6.01. The van der Waals surface area contributed by atoms with Gasteiger partial charge in [0.1, 0.15) is 12.2 Å². The van der Waals surface area contributed by atoms with Gasteiger partial charge in [0.05, 0.1) is 0 Å². The lowest BCUT2D eigenvalue weighted by molar-refractivity contribution is 0.356. The van der Waals surface area contributed by atoms with E-state index in [1.54, 1.807) is 6.33 Å². The van der Waals surface area contributed by atoms with Crippen LogP contribution in [-0.2, 0) is 13.0 Å². The van der Waals surface area contributed by atoms with Gasteiger partial charge in [-0.1, -0.05) is 20.3 Å². The van der Waals surface area contributed by atoms with Crippen molar-refractivity contribution in [3.8, 4) is 0 Å². The van der Waals surface area contributed by atoms with Crippen molar-refractivity contribution in [3.63, 3.8) is 0 Å². The molecule has 1 atom stereocenters. The van der Waals surface area contributed by atoms with Crippen LogP contribution in [0.2, 0.25) is 0 Å². The van der Waals surface area contributed by atoms with Gasteiger partial charge in [-0.3, -0.25) is 4.68 Å². The minimum absolute atomic E-state index is 0.185. The van der Waals surface area contributed by atoms with Gasteiger partial charge in [-0.05, 0) is 39.7 Å². The number of nitrogens with one attached hydrogen (secondary N) is 1. The second kappa shape index (κ2) is 6.88. The molecule has 1 aromatic heterocycles. The molecule has 0 fully saturated rings. The summed E-state index contributed by atoms with van der Waals surface area (Å²) in [6.45, 7) is 13.1. The van der Waals surface area contributed by atoms with Gasteiger partial charge in [0.25, 0.3) is 0 Å². The number of rotatable bonds is 7. The normalized spacial score (nSPS) is 13.8. The maximum Gasteiger partial charge on any atom is 0.138 e. The fourth-order valence-corrected chi connectivity index (χ4v) is 1.91. The lowest BCUT2D eigenvalue weighted by atomic mass is 10.00. The van der Waals surface area contributed by atoms with Gasteiger partial charge in [-0.15, -0.1) is 0 Å². The molecule has 0 amide bonds. The van der Waals surface area contributed by atoms with Crippen molar-refractivity contribution in [2.45, 2.75) is 66.0 Å². The first kappa shape index (κ1) is 15.2. The first-order valence-corrected chi connectivity index (χ1v) is 7.08. The highest BCUT2D eigenvalue weighted by Crippen LogP contribution is 2.11. The number of aromatic nitrogens is 3. The summed E-state index contributed by atoms with van der Waals surface area (Å²) >= 11 is 0. The molecule has 1 aromatic rings. The zero-order valence-corrected chi connectivity index (χ0v) is 12.5. The van der Waals surface area contributed by atoms with Crippen molar-refractivity contribution in [2.24, 2.45) is 5.92 Å². The van der Waals surface area contributed by atoms with Crippen molar-refractivity contribution in [3.05, 3.63) is 12.2 Å². The third kappa shape index (κ3) is 5.17. The fourth-order valence-electron chi connectivity index (χ4n) is 1.91. The molecule has 0 saturated carbocycles. The Morgan fingerprint density at radius 3 is 2.61 bits per heavy atom. The van der Waals surface area contributed by atoms with E-state index < -0.39 is 0 Å². The van der Waals surface area contributed by atoms with Crippen LogP contribution in [0.4, 0.5) is 0 Å². The summed E-state index contributed by atoms with van der Waals surface area (Å²) < 4.78 is 2.04. The van der Waals surface area contributed by atoms with Crippen LogP contribution in [0.15, 0.2) is 6.33 Å². The number of nitrogens with zero attached hydrogens (tertiary/aromatic N) is 3. The maximum absolute atomic E-state index is 4.39. The van der Waals surface area contributed by atoms with E-state index in [9.17, 15) is 0 Å². The van der Waals surface area contributed by atoms with E-state index in [0.29, 0.717) is 5.92 Å². The van der Waals surface area contributed by atoms with Crippen LogP contribution in [0.25, 0.3) is 0 Å². The maximum atomic E-state index is 4.39. The molecule has 18 heavy (non-hydrogen) atoms. The summed E-state index contributed by atoms with van der Waals surface area (Å²) in [7, 11) is 0. The standard InChI is InChI=1S/C14H28N4/c1-6-8-18-13(15-11-17-18)9-12(7-2)10-16-14(3,4)5/h11-12,16H,6-10H2,1-5H3. The summed E-state index contributed by atoms with van der Waals surface area (Å²) in [5.41, 5.74) is 0.185. The van der Waals surface area contributed by atoms with E-state index in [2.05, 4.69) is 50.0 Å². The third-order valence-corrected chi connectivity index (χ3v) is 3.10. The Hall–Kier alpha value is -0.900. The zero-order valence-electron chi connectivity index (χ0n) is 12.5. The van der Waals surface area contributed by atoms with Gasteiger partial charge in [-0.2, -0.15) is 5.10 Å². The molecule has 0 aliphatic heterocycles. The molecule has 1 heterocycles. The molecular formula is C14H28N4. The van der Waals surface area contributed by atoms with Crippen LogP contribution in [-0.4, -0.2) is 26.8 Å². The number of hydrogen-bond acceptors (Lipinski definition) is 3. The molecule has 4 heteroatoms. The lowest BCUT2D eigenvalue weighted by Gasteiger charge is -2.24. The van der Waals surface area contributed by atoms with E-state index in [4.69, 9.17) is 0 Å². The van der Waals surface area contributed by atoms with Crippen LogP contribution < -0.4 is 5.32 Å². The van der Waals surface area contributed by atoms with E-state index in [1.165, 1.54) is 6.42 Å². The number of hydrogen-bond donors (Lipinski definition) is 1. The molecule has 0 aromatic carbocycles. The van der Waals surface area contributed by atoms with Gasteiger partial charge in [-0.25, -0.2) is 4.98 Å². The highest BCUT2D eigenvalue weighted by atomic mass is 15.3. The molecule has 0 bridgehead atoms. The molecule has 0 spiro atoms. The zero-order chi connectivity index (χ0) is 13.6. The molecule has 0 aliphatic rings. The number of aryl methyl sites for hydroxylation is 1. The smallest absolute Gasteiger partial charge is 0.138 e. The predicted molar refractivity (Wildman–Crippen MR) is 75.6 cm³/mol. The minimum Gasteiger partial charge on any atom is -0.312 e. The summed E-state index contributed by atoms with van der Waals surface area (Å²) in [5.74, 6) is 1.75. The second-order valence-electron chi connectivity index (χ2n) is 6.01. The van der Waals surface area contributed by atoms with Crippen molar-refractivity contribution >= 4 is 0 Å². The Morgan fingerprint density at radius 1 is 1.33 bits per heavy atom. The quantitative estimate of drug-likeness (QED) is 0.811. The summed E-state index contributed by atoms with van der Waals surface area (Å²) in [5, 5.41) is 7.87. The Kier molecular flexibility index (Phi) is 5.79. The largest absolute Gasteiger partial charge is 0.312 e. The summed E-state index contributed by atoms with van der Waals surface area (Å²) in [4.78, 5) is 4.39. The van der Waals surface area contributed by atoms with Crippen LogP contribution in [0.1, 0.15) is 53.3 Å². The van der Waals surface area contributed by atoms with E-state index in [-0.39, 0.29) is 5.54 Å². The minimum atomic E-state index is 0.185. The molecule has 0 aliphatic carbocycles. The first-order chi connectivity index (χ1) is 8.46. The van der Waals surface area contributed by atoms with Crippen molar-refractivity contribution < 1.29 is 0 Å². The van der Waals surface area contributed by atoms with Gasteiger partial charge >= 0.3 is 0 Å². The predicted octanol–water partition coefficient (Wildman–Crippen LogP) is 2.64. The van der Waals surface area contributed by atoms with Crippen molar-refractivity contribution in [1.29, 1.82) is 0 Å². The van der Waals surface area contributed by atoms with E-state index >= 15 is 0 Å². The molecule has 1 rings (SSSR count). The van der Waals surface area contributed by atoms with Crippen molar-refractivity contribution in [1.82, 2.24) is 20.1 Å². The highest BCUT2D eigenvalue weighted by Gasteiger charge is 2.15. The summed E-state index contributed by atoms with van der Waals surface area (Å²) in [6.07, 6.45) is 4.96. The topological polar surface area (TPSA) is 42.7 Å². The Balaban J connectivity index is 2.54. The van der Waals surface area contributed by atoms with Crippen LogP contribution in [0.5, 0.6) is 0 Å². The van der Waals surface area contributed by atoms with E-state index in [0.717, 1.165) is 31.8 Å². The third-order valence-electron chi connectivity index (χ3n) is 3.10. The Bertz CT molecular complexity index is 338. The van der Waals surface area contributed by atoms with E-state index in [1.807, 2.05) is 4.68 Å². The Morgan fingerprint density at radius 2 is 2.06 bits per heavy atom. The van der Waals surface area contributed by atoms with Gasteiger partial charge in [0, 0.05) is 18.5 Å². The molecule has 0 radical (unpaired) electrons. The highest BCUT2D eigenvalue weighted by molar-refractivity contribution is 4.88. The Labute approximate surface area is 111 Å². The average molecular weight is 252 g/mol. The first-order valence-electron chi connectivity index (χ1n) is 7.08. The molecule has 4 nitrogen and oxygen atoms in total. The molecule has 104 valence electrons. The van der Waals surface area contributed by atoms with Crippen LogP contribution >= 0.6 is 0 Å². The molecule has 0 saturated heterocycles. The molecular weight excluding hydrogens is 224 g/mol. The van der Waals surface area contributed by atoms with Crippen molar-refractivity contribution in [2.75, 3.05) is 6.54 Å². The van der Waals surface area contributed by atoms with Gasteiger partial charge in [0.15, 0.2) is 0 Å². The fraction of sp³-hybridized carbons (Fsp3) is 0.857. The lowest BCUT2D eigenvalue weighted by Crippen LogP contribution is -2.39. The van der Waals surface area contributed by atoms with Crippen LogP contribution in [0, 0.1) is 5.92 Å². The molecule has 1 unspecified atom stereocenters. The van der Waals surface area contributed by atoms with Gasteiger partial charge in [0.2, 0.25) is 0 Å².